The molecule has 0 bridgehead atoms. The molecule has 1 atom stereocenters. The second kappa shape index (κ2) is 11.3. The van der Waals surface area contributed by atoms with Gasteiger partial charge in [0, 0.05) is 23.9 Å². The van der Waals surface area contributed by atoms with Gasteiger partial charge in [-0.3, -0.25) is 4.99 Å². The molecule has 8 heteroatoms. The molecule has 1 aromatic carbocycles. The molecule has 2 rings (SSSR count). The van der Waals surface area contributed by atoms with Gasteiger partial charge in [-0.05, 0) is 25.1 Å². The quantitative estimate of drug-likeness (QED) is 0.334. The molecule has 2 N–H and O–H groups in total. The number of guanidine groups is 1. The molecule has 1 unspecified atom stereocenters. The largest absolute Gasteiger partial charge is 0.497 e. The summed E-state index contributed by atoms with van der Waals surface area (Å²) >= 11 is 1.69. The predicted octanol–water partition coefficient (Wildman–Crippen LogP) is 4.33. The molecule has 0 aliphatic heterocycles. The Morgan fingerprint density at radius 1 is 1.22 bits per heavy atom. The molecule has 0 aliphatic rings. The summed E-state index contributed by atoms with van der Waals surface area (Å²) in [4.78, 5) is 8.95. The Kier molecular flexibility index (Phi) is 9.86. The first-order chi connectivity index (χ1) is 12.5. The first kappa shape index (κ1) is 23.5. The number of nitrogens with one attached hydrogen (secondary N) is 2. The average Bonchev–Trinajstić information content (AvgIpc) is 3.13. The molecule has 150 valence electrons. The maximum atomic E-state index is 5.47. The van der Waals surface area contributed by atoms with Crippen LogP contribution in [0.2, 0.25) is 0 Å². The Hall–Kier alpha value is -1.55. The van der Waals surface area contributed by atoms with Crippen LogP contribution in [-0.4, -0.2) is 32.2 Å². The maximum Gasteiger partial charge on any atom is 0.191 e. The second-order valence-corrected chi connectivity index (χ2v) is 7.12. The number of halogens is 1. The highest BCUT2D eigenvalue weighted by Crippen LogP contribution is 2.29. The van der Waals surface area contributed by atoms with Gasteiger partial charge in [0.2, 0.25) is 0 Å². The highest BCUT2D eigenvalue weighted by atomic mass is 127. The second-order valence-electron chi connectivity index (χ2n) is 6.23. The van der Waals surface area contributed by atoms with E-state index in [9.17, 15) is 0 Å². The minimum Gasteiger partial charge on any atom is -0.497 e. The van der Waals surface area contributed by atoms with Gasteiger partial charge in [0.1, 0.15) is 11.5 Å². The topological polar surface area (TPSA) is 67.8 Å². The van der Waals surface area contributed by atoms with E-state index in [0.29, 0.717) is 18.4 Å². The number of hydrogen-bond acceptors (Lipinski definition) is 5. The van der Waals surface area contributed by atoms with Crippen LogP contribution in [0.1, 0.15) is 49.0 Å². The standard InChI is InChI=1S/C19H28N4O2S.HI/c1-12(2)18-23-14(11-26-18)10-21-19(20-4)22-13(3)16-9-15(24-5)7-8-17(16)25-6;/h7-9,11-13H,10H2,1-6H3,(H2,20,21,22);1H. The van der Waals surface area contributed by atoms with E-state index in [-0.39, 0.29) is 30.0 Å². The number of rotatable bonds is 7. The molecule has 0 spiro atoms. The molecular weight excluding hydrogens is 475 g/mol. The Bertz CT molecular complexity index is 749. The first-order valence-corrected chi connectivity index (χ1v) is 9.49. The molecule has 1 heterocycles. The zero-order valence-electron chi connectivity index (χ0n) is 16.7. The van der Waals surface area contributed by atoms with Crippen LogP contribution < -0.4 is 20.1 Å². The summed E-state index contributed by atoms with van der Waals surface area (Å²) in [6, 6.07) is 5.76. The van der Waals surface area contributed by atoms with Crippen LogP contribution in [0, 0.1) is 0 Å². The Morgan fingerprint density at radius 2 is 1.96 bits per heavy atom. The highest BCUT2D eigenvalue weighted by molar-refractivity contribution is 14.0. The van der Waals surface area contributed by atoms with Crippen molar-refractivity contribution in [2.24, 2.45) is 4.99 Å². The summed E-state index contributed by atoms with van der Waals surface area (Å²) < 4.78 is 10.8. The van der Waals surface area contributed by atoms with E-state index in [1.54, 1.807) is 32.6 Å². The lowest BCUT2D eigenvalue weighted by atomic mass is 10.1. The van der Waals surface area contributed by atoms with Gasteiger partial charge in [0.05, 0.1) is 37.5 Å². The third kappa shape index (κ3) is 6.53. The highest BCUT2D eigenvalue weighted by Gasteiger charge is 2.14. The number of aliphatic imine (C=N–C) groups is 1. The molecule has 0 saturated carbocycles. The van der Waals surface area contributed by atoms with Gasteiger partial charge in [0.25, 0.3) is 0 Å². The van der Waals surface area contributed by atoms with Crippen LogP contribution in [-0.2, 0) is 6.54 Å². The summed E-state index contributed by atoms with van der Waals surface area (Å²) in [5.74, 6) is 2.76. The van der Waals surface area contributed by atoms with Crippen LogP contribution in [0.15, 0.2) is 28.6 Å². The van der Waals surface area contributed by atoms with Crippen molar-refractivity contribution in [2.45, 2.75) is 39.3 Å². The maximum absolute atomic E-state index is 5.47. The normalized spacial score (nSPS) is 12.3. The predicted molar refractivity (Wildman–Crippen MR) is 123 cm³/mol. The number of thiazole rings is 1. The third-order valence-electron chi connectivity index (χ3n) is 3.98. The van der Waals surface area contributed by atoms with Gasteiger partial charge in [-0.25, -0.2) is 4.98 Å². The SMILES string of the molecule is CN=C(NCc1csc(C(C)C)n1)NC(C)c1cc(OC)ccc1OC.I. The van der Waals surface area contributed by atoms with Gasteiger partial charge >= 0.3 is 0 Å². The minimum atomic E-state index is -0.00657. The number of aromatic nitrogens is 1. The average molecular weight is 504 g/mol. The molecule has 0 fully saturated rings. The van der Waals surface area contributed by atoms with Crippen molar-refractivity contribution in [3.8, 4) is 11.5 Å². The van der Waals surface area contributed by atoms with Crippen LogP contribution in [0.3, 0.4) is 0 Å². The fourth-order valence-electron chi connectivity index (χ4n) is 2.50. The van der Waals surface area contributed by atoms with Gasteiger partial charge in [-0.2, -0.15) is 0 Å². The van der Waals surface area contributed by atoms with Crippen molar-refractivity contribution >= 4 is 41.3 Å². The monoisotopic (exact) mass is 504 g/mol. The molecular formula is C19H29IN4O2S. The summed E-state index contributed by atoms with van der Waals surface area (Å²) in [6.45, 7) is 6.99. The smallest absolute Gasteiger partial charge is 0.191 e. The zero-order valence-corrected chi connectivity index (χ0v) is 19.8. The van der Waals surface area contributed by atoms with Crippen molar-refractivity contribution in [1.82, 2.24) is 15.6 Å². The molecule has 27 heavy (non-hydrogen) atoms. The number of nitrogens with zero attached hydrogens (tertiary/aromatic N) is 2. The van der Waals surface area contributed by atoms with E-state index in [1.807, 2.05) is 18.2 Å². The Morgan fingerprint density at radius 3 is 2.52 bits per heavy atom. The molecule has 0 aliphatic carbocycles. The van der Waals surface area contributed by atoms with Gasteiger partial charge in [-0.1, -0.05) is 13.8 Å². The zero-order chi connectivity index (χ0) is 19.1. The van der Waals surface area contributed by atoms with Crippen molar-refractivity contribution in [1.29, 1.82) is 0 Å². The lowest BCUT2D eigenvalue weighted by molar-refractivity contribution is 0.394. The van der Waals surface area contributed by atoms with E-state index in [4.69, 9.17) is 9.47 Å². The van der Waals surface area contributed by atoms with Crippen molar-refractivity contribution in [3.05, 3.63) is 39.8 Å². The number of hydrogen-bond donors (Lipinski definition) is 2. The van der Waals surface area contributed by atoms with E-state index >= 15 is 0 Å². The molecule has 0 saturated heterocycles. The molecule has 1 aromatic heterocycles. The van der Waals surface area contributed by atoms with E-state index < -0.39 is 0 Å². The first-order valence-electron chi connectivity index (χ1n) is 8.61. The Labute approximate surface area is 182 Å². The van der Waals surface area contributed by atoms with Gasteiger partial charge < -0.3 is 20.1 Å². The molecule has 6 nitrogen and oxygen atoms in total. The number of methoxy groups -OCH3 is 2. The fourth-order valence-corrected chi connectivity index (χ4v) is 3.33. The lowest BCUT2D eigenvalue weighted by Gasteiger charge is -2.20. The summed E-state index contributed by atoms with van der Waals surface area (Å²) in [7, 11) is 5.08. The van der Waals surface area contributed by atoms with Crippen LogP contribution in [0.25, 0.3) is 0 Å². The third-order valence-corrected chi connectivity index (χ3v) is 5.17. The van der Waals surface area contributed by atoms with E-state index in [1.165, 1.54) is 0 Å². The summed E-state index contributed by atoms with van der Waals surface area (Å²) in [5, 5.41) is 9.94. The molecule has 2 aromatic rings. The van der Waals surface area contributed by atoms with E-state index in [2.05, 4.69) is 46.8 Å². The molecule has 0 radical (unpaired) electrons. The van der Waals surface area contributed by atoms with Gasteiger partial charge in [0.15, 0.2) is 5.96 Å². The number of ether oxygens (including phenoxy) is 2. The minimum absolute atomic E-state index is 0. The van der Waals surface area contributed by atoms with Crippen molar-refractivity contribution < 1.29 is 9.47 Å². The van der Waals surface area contributed by atoms with Crippen LogP contribution in [0.4, 0.5) is 0 Å². The van der Waals surface area contributed by atoms with Crippen LogP contribution >= 0.6 is 35.3 Å². The van der Waals surface area contributed by atoms with Crippen molar-refractivity contribution in [2.75, 3.05) is 21.3 Å². The lowest BCUT2D eigenvalue weighted by Crippen LogP contribution is -2.38. The van der Waals surface area contributed by atoms with Crippen molar-refractivity contribution in [3.63, 3.8) is 0 Å². The summed E-state index contributed by atoms with van der Waals surface area (Å²) in [6.07, 6.45) is 0. The van der Waals surface area contributed by atoms with E-state index in [0.717, 1.165) is 27.8 Å². The summed E-state index contributed by atoms with van der Waals surface area (Å²) in [5.41, 5.74) is 2.03. The molecule has 0 amide bonds. The Balaban J connectivity index is 0.00000364. The van der Waals surface area contributed by atoms with Crippen LogP contribution in [0.5, 0.6) is 11.5 Å². The van der Waals surface area contributed by atoms with Gasteiger partial charge in [-0.15, -0.1) is 35.3 Å². The fraction of sp³-hybridized carbons (Fsp3) is 0.474. The number of benzene rings is 1.